The maximum Gasteiger partial charge on any atom is 0.317 e. The van der Waals surface area contributed by atoms with Gasteiger partial charge in [0, 0.05) is 37.6 Å². The van der Waals surface area contributed by atoms with Crippen LogP contribution < -0.4 is 10.1 Å². The number of aryl methyl sites for hydroxylation is 1. The van der Waals surface area contributed by atoms with Crippen LogP contribution >= 0.6 is 11.3 Å². The van der Waals surface area contributed by atoms with Crippen LogP contribution in [0.5, 0.6) is 5.75 Å². The van der Waals surface area contributed by atoms with Crippen LogP contribution in [0, 0.1) is 6.92 Å². The number of benzene rings is 1. The number of carbonyl (C=O) groups excluding carboxylic acids is 1. The minimum absolute atomic E-state index is 0.0816. The zero-order chi connectivity index (χ0) is 16.8. The largest absolute Gasteiger partial charge is 0.496 e. The summed E-state index contributed by atoms with van der Waals surface area (Å²) in [6.45, 7) is 5.21. The molecule has 0 fully saturated rings. The Bertz CT molecular complexity index is 643. The molecule has 0 saturated carbocycles. The van der Waals surface area contributed by atoms with Gasteiger partial charge in [-0.05, 0) is 24.1 Å². The lowest BCUT2D eigenvalue weighted by Crippen LogP contribution is -2.38. The van der Waals surface area contributed by atoms with Crippen LogP contribution in [0.25, 0.3) is 0 Å². The van der Waals surface area contributed by atoms with Gasteiger partial charge in [-0.1, -0.05) is 19.1 Å². The summed E-state index contributed by atoms with van der Waals surface area (Å²) in [5, 5.41) is 5.95. The molecule has 2 rings (SSSR count). The Morgan fingerprint density at radius 3 is 2.87 bits per heavy atom. The van der Waals surface area contributed by atoms with E-state index in [2.05, 4.69) is 17.2 Å². The summed E-state index contributed by atoms with van der Waals surface area (Å²) in [6.07, 6.45) is 1.79. The van der Waals surface area contributed by atoms with Crippen LogP contribution in [0.1, 0.15) is 29.0 Å². The van der Waals surface area contributed by atoms with Gasteiger partial charge in [-0.3, -0.25) is 0 Å². The van der Waals surface area contributed by atoms with E-state index >= 15 is 0 Å². The van der Waals surface area contributed by atoms with E-state index in [0.29, 0.717) is 13.1 Å². The molecule has 23 heavy (non-hydrogen) atoms. The number of thiazole rings is 1. The highest BCUT2D eigenvalue weighted by Gasteiger charge is 2.15. The Labute approximate surface area is 141 Å². The average Bonchev–Trinajstić information content (AvgIpc) is 3.07. The fraction of sp³-hybridized carbons (Fsp3) is 0.412. The molecular weight excluding hydrogens is 310 g/mol. The minimum atomic E-state index is -0.0816. The molecule has 0 aliphatic carbocycles. The van der Waals surface area contributed by atoms with Crippen molar-refractivity contribution in [3.63, 3.8) is 0 Å². The van der Waals surface area contributed by atoms with Gasteiger partial charge in [-0.15, -0.1) is 11.3 Å². The van der Waals surface area contributed by atoms with E-state index in [1.165, 1.54) is 0 Å². The first-order valence-electron chi connectivity index (χ1n) is 7.53. The Hall–Kier alpha value is -2.08. The van der Waals surface area contributed by atoms with Crippen molar-refractivity contribution < 1.29 is 9.53 Å². The molecule has 0 radical (unpaired) electrons. The summed E-state index contributed by atoms with van der Waals surface area (Å²) in [5.74, 6) is 1.09. The average molecular weight is 333 g/mol. The number of likely N-dealkylation sites (N-methyl/N-ethyl adjacent to an activating group) is 1. The minimum Gasteiger partial charge on any atom is -0.496 e. The van der Waals surface area contributed by atoms with Gasteiger partial charge in [0.1, 0.15) is 5.75 Å². The zero-order valence-electron chi connectivity index (χ0n) is 14.0. The first kappa shape index (κ1) is 17.3. The molecule has 0 spiro atoms. The number of carbonyl (C=O) groups is 1. The maximum absolute atomic E-state index is 12.2. The molecule has 5 nitrogen and oxygen atoms in total. The van der Waals surface area contributed by atoms with Crippen molar-refractivity contribution in [3.05, 3.63) is 45.9 Å². The van der Waals surface area contributed by atoms with Crippen LogP contribution in [-0.2, 0) is 6.54 Å². The van der Waals surface area contributed by atoms with Crippen molar-refractivity contribution in [1.29, 1.82) is 0 Å². The van der Waals surface area contributed by atoms with Crippen molar-refractivity contribution in [2.24, 2.45) is 0 Å². The molecule has 1 atom stereocenters. The van der Waals surface area contributed by atoms with Crippen molar-refractivity contribution >= 4 is 17.4 Å². The van der Waals surface area contributed by atoms with E-state index in [1.54, 1.807) is 36.6 Å². The van der Waals surface area contributed by atoms with Gasteiger partial charge in [0.2, 0.25) is 0 Å². The summed E-state index contributed by atoms with van der Waals surface area (Å²) >= 11 is 1.62. The van der Waals surface area contributed by atoms with Gasteiger partial charge in [0.15, 0.2) is 0 Å². The zero-order valence-corrected chi connectivity index (χ0v) is 14.8. The molecule has 0 bridgehead atoms. The van der Waals surface area contributed by atoms with Gasteiger partial charge in [0.05, 0.1) is 12.1 Å². The number of amides is 2. The molecule has 1 aromatic heterocycles. The third kappa shape index (κ3) is 4.69. The highest BCUT2D eigenvalue weighted by Crippen LogP contribution is 2.19. The van der Waals surface area contributed by atoms with E-state index < -0.39 is 0 Å². The normalized spacial score (nSPS) is 11.8. The number of urea groups is 1. The van der Waals surface area contributed by atoms with E-state index in [-0.39, 0.29) is 11.9 Å². The number of aromatic nitrogens is 1. The van der Waals surface area contributed by atoms with Crippen LogP contribution in [0.4, 0.5) is 4.79 Å². The molecular formula is C17H23N3O2S. The van der Waals surface area contributed by atoms with Gasteiger partial charge in [0.25, 0.3) is 0 Å². The molecule has 6 heteroatoms. The van der Waals surface area contributed by atoms with Crippen LogP contribution in [0.2, 0.25) is 0 Å². The molecule has 124 valence electrons. The van der Waals surface area contributed by atoms with E-state index in [9.17, 15) is 4.79 Å². The third-order valence-electron chi connectivity index (χ3n) is 3.67. The van der Waals surface area contributed by atoms with Gasteiger partial charge >= 0.3 is 6.03 Å². The number of methoxy groups -OCH3 is 1. The van der Waals surface area contributed by atoms with E-state index in [0.717, 1.165) is 21.9 Å². The fourth-order valence-corrected chi connectivity index (χ4v) is 3.10. The van der Waals surface area contributed by atoms with Crippen molar-refractivity contribution in [1.82, 2.24) is 15.2 Å². The standard InChI is InChI=1S/C17H23N3O2S/c1-12-9-14(5-6-15(12)22-4)10-19-17(21)20(3)11-13(2)16-18-7-8-23-16/h5-9,13H,10-11H2,1-4H3,(H,19,21)/t13-/m0/s1. The highest BCUT2D eigenvalue weighted by molar-refractivity contribution is 7.09. The van der Waals surface area contributed by atoms with Gasteiger partial charge < -0.3 is 15.0 Å². The number of rotatable bonds is 6. The second-order valence-corrected chi connectivity index (χ2v) is 6.54. The topological polar surface area (TPSA) is 54.5 Å². The summed E-state index contributed by atoms with van der Waals surface area (Å²) < 4.78 is 5.24. The molecule has 0 aliphatic rings. The van der Waals surface area contributed by atoms with Gasteiger partial charge in [-0.2, -0.15) is 0 Å². The third-order valence-corrected chi connectivity index (χ3v) is 4.68. The maximum atomic E-state index is 12.2. The number of nitrogens with one attached hydrogen (secondary N) is 1. The highest BCUT2D eigenvalue weighted by atomic mass is 32.1. The van der Waals surface area contributed by atoms with Crippen molar-refractivity contribution in [2.45, 2.75) is 26.3 Å². The van der Waals surface area contributed by atoms with Crippen molar-refractivity contribution in [3.8, 4) is 5.75 Å². The monoisotopic (exact) mass is 333 g/mol. The molecule has 1 N–H and O–H groups in total. The summed E-state index contributed by atoms with van der Waals surface area (Å²) in [7, 11) is 3.46. The lowest BCUT2D eigenvalue weighted by molar-refractivity contribution is 0.206. The van der Waals surface area contributed by atoms with Crippen molar-refractivity contribution in [2.75, 3.05) is 20.7 Å². The van der Waals surface area contributed by atoms with Crippen LogP contribution in [0.3, 0.4) is 0 Å². The molecule has 0 saturated heterocycles. The smallest absolute Gasteiger partial charge is 0.317 e. The molecule has 1 aromatic carbocycles. The van der Waals surface area contributed by atoms with Crippen LogP contribution in [0.15, 0.2) is 29.8 Å². The number of hydrogen-bond acceptors (Lipinski definition) is 4. The lowest BCUT2D eigenvalue weighted by Gasteiger charge is -2.21. The quantitative estimate of drug-likeness (QED) is 0.881. The second-order valence-electron chi connectivity index (χ2n) is 5.61. The first-order chi connectivity index (χ1) is 11.0. The Balaban J connectivity index is 1.85. The van der Waals surface area contributed by atoms with E-state index in [1.807, 2.05) is 30.5 Å². The summed E-state index contributed by atoms with van der Waals surface area (Å²) in [4.78, 5) is 18.2. The Morgan fingerprint density at radius 1 is 1.48 bits per heavy atom. The second kappa shape index (κ2) is 7.97. The molecule has 2 aromatic rings. The summed E-state index contributed by atoms with van der Waals surface area (Å²) in [6, 6.07) is 5.83. The first-order valence-corrected chi connectivity index (χ1v) is 8.41. The summed E-state index contributed by atoms with van der Waals surface area (Å²) in [5.41, 5.74) is 2.11. The predicted octanol–water partition coefficient (Wildman–Crippen LogP) is 3.41. The number of hydrogen-bond donors (Lipinski definition) is 1. The molecule has 0 unspecified atom stereocenters. The molecule has 0 aliphatic heterocycles. The fourth-order valence-electron chi connectivity index (χ4n) is 2.41. The van der Waals surface area contributed by atoms with Gasteiger partial charge in [-0.25, -0.2) is 9.78 Å². The number of nitrogens with zero attached hydrogens (tertiary/aromatic N) is 2. The molecule has 2 amide bonds. The SMILES string of the molecule is COc1ccc(CNC(=O)N(C)C[C@H](C)c2nccs2)cc1C. The predicted molar refractivity (Wildman–Crippen MR) is 93.1 cm³/mol. The number of ether oxygens (including phenoxy) is 1. The van der Waals surface area contributed by atoms with E-state index in [4.69, 9.17) is 4.74 Å². The van der Waals surface area contributed by atoms with Crippen LogP contribution in [-0.4, -0.2) is 36.6 Å². The lowest BCUT2D eigenvalue weighted by atomic mass is 10.1. The Morgan fingerprint density at radius 2 is 2.26 bits per heavy atom. The molecule has 1 heterocycles. The Kier molecular flexibility index (Phi) is 5.98.